The zero-order valence-corrected chi connectivity index (χ0v) is 13.5. The van der Waals surface area contributed by atoms with E-state index in [-0.39, 0.29) is 5.91 Å². The summed E-state index contributed by atoms with van der Waals surface area (Å²) in [5.41, 5.74) is 3.76. The smallest absolute Gasteiger partial charge is 0.224 e. The number of nitrogens with zero attached hydrogens (tertiary/aromatic N) is 1. The summed E-state index contributed by atoms with van der Waals surface area (Å²) >= 11 is 0. The van der Waals surface area contributed by atoms with Crippen molar-refractivity contribution in [1.82, 2.24) is 10.2 Å². The summed E-state index contributed by atoms with van der Waals surface area (Å²) in [6.07, 6.45) is 2.79. The molecule has 0 aliphatic rings. The number of H-pyrrole nitrogens is 1. The van der Waals surface area contributed by atoms with Crippen LogP contribution in [-0.2, 0) is 11.2 Å². The number of benzene rings is 2. The Morgan fingerprint density at radius 2 is 2.04 bits per heavy atom. The van der Waals surface area contributed by atoms with E-state index in [0.29, 0.717) is 12.8 Å². The molecule has 0 spiro atoms. The molecule has 1 aromatic heterocycles. The average Bonchev–Trinajstić information content (AvgIpc) is 3.15. The van der Waals surface area contributed by atoms with Crippen molar-refractivity contribution in [2.24, 2.45) is 0 Å². The van der Waals surface area contributed by atoms with Crippen molar-refractivity contribution in [3.63, 3.8) is 0 Å². The molecule has 1 amide bonds. The lowest BCUT2D eigenvalue weighted by molar-refractivity contribution is -0.116. The van der Waals surface area contributed by atoms with E-state index in [1.54, 1.807) is 13.3 Å². The lowest BCUT2D eigenvalue weighted by Gasteiger charge is -2.08. The van der Waals surface area contributed by atoms with Gasteiger partial charge in [-0.3, -0.25) is 9.89 Å². The number of aryl methyl sites for hydroxylation is 1. The third-order valence-electron chi connectivity index (χ3n) is 3.73. The Balaban J connectivity index is 1.59. The first-order valence-corrected chi connectivity index (χ1v) is 7.77. The minimum absolute atomic E-state index is 0.0143. The van der Waals surface area contributed by atoms with Crippen LogP contribution in [0.2, 0.25) is 0 Å². The van der Waals surface area contributed by atoms with Crippen LogP contribution < -0.4 is 10.1 Å². The molecule has 0 unspecified atom stereocenters. The molecule has 2 N–H and O–H groups in total. The Morgan fingerprint density at radius 1 is 1.17 bits per heavy atom. The van der Waals surface area contributed by atoms with Crippen LogP contribution in [0.15, 0.2) is 60.8 Å². The normalized spacial score (nSPS) is 10.4. The minimum atomic E-state index is -0.0143. The number of hydrogen-bond donors (Lipinski definition) is 2. The maximum absolute atomic E-state index is 12.2. The number of methoxy groups -OCH3 is 1. The van der Waals surface area contributed by atoms with Crippen molar-refractivity contribution in [1.29, 1.82) is 0 Å². The fraction of sp³-hybridized carbons (Fsp3) is 0.158. The highest BCUT2D eigenvalue weighted by molar-refractivity contribution is 5.91. The van der Waals surface area contributed by atoms with Crippen molar-refractivity contribution in [3.05, 3.63) is 66.4 Å². The van der Waals surface area contributed by atoms with Gasteiger partial charge in [0, 0.05) is 23.9 Å². The Hall–Kier alpha value is -3.08. The number of ether oxygens (including phenoxy) is 1. The molecule has 0 saturated heterocycles. The van der Waals surface area contributed by atoms with E-state index in [1.807, 2.05) is 54.6 Å². The summed E-state index contributed by atoms with van der Waals surface area (Å²) in [5.74, 6) is 0.791. The van der Waals surface area contributed by atoms with Crippen LogP contribution in [0, 0.1) is 0 Å². The summed E-state index contributed by atoms with van der Waals surface area (Å²) in [5, 5.41) is 9.80. The summed E-state index contributed by atoms with van der Waals surface area (Å²) < 4.78 is 5.20. The molecular weight excluding hydrogens is 302 g/mol. The van der Waals surface area contributed by atoms with Gasteiger partial charge in [0.2, 0.25) is 5.91 Å². The molecule has 0 atom stereocenters. The first-order chi connectivity index (χ1) is 11.7. The number of hydrogen-bond acceptors (Lipinski definition) is 3. The van der Waals surface area contributed by atoms with Crippen molar-refractivity contribution in [3.8, 4) is 17.0 Å². The van der Waals surface area contributed by atoms with Crippen LogP contribution in [0.25, 0.3) is 11.3 Å². The average molecular weight is 321 g/mol. The molecule has 3 rings (SSSR count). The van der Waals surface area contributed by atoms with Crippen LogP contribution in [0.4, 0.5) is 5.69 Å². The SMILES string of the molecule is COc1cccc(CCC(=O)Nc2cccc(-c3ccn[nH]3)c2)c1. The second kappa shape index (κ2) is 7.46. The van der Waals surface area contributed by atoms with Crippen LogP contribution in [0.5, 0.6) is 5.75 Å². The molecule has 0 aliphatic heterocycles. The number of aromatic nitrogens is 2. The zero-order chi connectivity index (χ0) is 16.8. The first-order valence-electron chi connectivity index (χ1n) is 7.77. The van der Waals surface area contributed by atoms with Gasteiger partial charge >= 0.3 is 0 Å². The highest BCUT2D eigenvalue weighted by Crippen LogP contribution is 2.20. The van der Waals surface area contributed by atoms with Gasteiger partial charge in [-0.05, 0) is 42.3 Å². The van der Waals surface area contributed by atoms with E-state index in [1.165, 1.54) is 0 Å². The van der Waals surface area contributed by atoms with Gasteiger partial charge in [-0.15, -0.1) is 0 Å². The quantitative estimate of drug-likeness (QED) is 0.728. The number of aromatic amines is 1. The fourth-order valence-electron chi connectivity index (χ4n) is 2.49. The van der Waals surface area contributed by atoms with E-state index in [9.17, 15) is 4.79 Å². The predicted octanol–water partition coefficient (Wildman–Crippen LogP) is 3.66. The largest absolute Gasteiger partial charge is 0.497 e. The van der Waals surface area contributed by atoms with Gasteiger partial charge in [0.05, 0.1) is 12.8 Å². The number of carbonyl (C=O) groups is 1. The molecule has 122 valence electrons. The predicted molar refractivity (Wildman–Crippen MR) is 94.0 cm³/mol. The highest BCUT2D eigenvalue weighted by Gasteiger charge is 2.06. The van der Waals surface area contributed by atoms with Gasteiger partial charge in [0.1, 0.15) is 5.75 Å². The molecule has 0 fully saturated rings. The molecule has 24 heavy (non-hydrogen) atoms. The van der Waals surface area contributed by atoms with Gasteiger partial charge in [-0.2, -0.15) is 5.10 Å². The van der Waals surface area contributed by atoms with Crippen molar-refractivity contribution < 1.29 is 9.53 Å². The minimum Gasteiger partial charge on any atom is -0.497 e. The summed E-state index contributed by atoms with van der Waals surface area (Å²) in [4.78, 5) is 12.2. The molecule has 2 aromatic carbocycles. The number of amides is 1. The molecule has 3 aromatic rings. The van der Waals surface area contributed by atoms with E-state index in [4.69, 9.17) is 4.74 Å². The standard InChI is InChI=1S/C19H19N3O2/c1-24-17-7-2-4-14(12-17)8-9-19(23)21-16-6-3-5-15(13-16)18-10-11-20-22-18/h2-7,10-13H,8-9H2,1H3,(H,20,22)(H,21,23). The molecule has 0 radical (unpaired) electrons. The van der Waals surface area contributed by atoms with E-state index in [2.05, 4.69) is 15.5 Å². The second-order valence-corrected chi connectivity index (χ2v) is 5.45. The second-order valence-electron chi connectivity index (χ2n) is 5.45. The number of anilines is 1. The molecular formula is C19H19N3O2. The van der Waals surface area contributed by atoms with Gasteiger partial charge < -0.3 is 10.1 Å². The van der Waals surface area contributed by atoms with Crippen LogP contribution >= 0.6 is 0 Å². The summed E-state index contributed by atoms with van der Waals surface area (Å²) in [6, 6.07) is 17.3. The van der Waals surface area contributed by atoms with Gasteiger partial charge in [0.15, 0.2) is 0 Å². The Bertz CT molecular complexity index is 813. The van der Waals surface area contributed by atoms with Gasteiger partial charge in [0.25, 0.3) is 0 Å². The van der Waals surface area contributed by atoms with Crippen LogP contribution in [0.3, 0.4) is 0 Å². The molecule has 0 aliphatic carbocycles. The molecule has 0 bridgehead atoms. The maximum Gasteiger partial charge on any atom is 0.224 e. The maximum atomic E-state index is 12.2. The molecule has 0 saturated carbocycles. The molecule has 5 nitrogen and oxygen atoms in total. The third kappa shape index (κ3) is 4.01. The van der Waals surface area contributed by atoms with Crippen molar-refractivity contribution in [2.75, 3.05) is 12.4 Å². The number of carbonyl (C=O) groups excluding carboxylic acids is 1. The summed E-state index contributed by atoms with van der Waals surface area (Å²) in [7, 11) is 1.64. The van der Waals surface area contributed by atoms with Crippen LogP contribution in [-0.4, -0.2) is 23.2 Å². The van der Waals surface area contributed by atoms with Crippen molar-refractivity contribution in [2.45, 2.75) is 12.8 Å². The Labute approximate surface area is 140 Å². The topological polar surface area (TPSA) is 67.0 Å². The molecule has 5 heteroatoms. The Kier molecular flexibility index (Phi) is 4.91. The van der Waals surface area contributed by atoms with E-state index < -0.39 is 0 Å². The monoisotopic (exact) mass is 321 g/mol. The molecule has 1 heterocycles. The van der Waals surface area contributed by atoms with Gasteiger partial charge in [-0.25, -0.2) is 0 Å². The highest BCUT2D eigenvalue weighted by atomic mass is 16.5. The number of rotatable bonds is 6. The van der Waals surface area contributed by atoms with Crippen LogP contribution in [0.1, 0.15) is 12.0 Å². The number of nitrogens with one attached hydrogen (secondary N) is 2. The van der Waals surface area contributed by atoms with E-state index in [0.717, 1.165) is 28.3 Å². The fourth-order valence-corrected chi connectivity index (χ4v) is 2.49. The van der Waals surface area contributed by atoms with Crippen molar-refractivity contribution >= 4 is 11.6 Å². The zero-order valence-electron chi connectivity index (χ0n) is 13.5. The third-order valence-corrected chi connectivity index (χ3v) is 3.73. The Morgan fingerprint density at radius 3 is 2.83 bits per heavy atom. The lowest BCUT2D eigenvalue weighted by atomic mass is 10.1. The van der Waals surface area contributed by atoms with Gasteiger partial charge in [-0.1, -0.05) is 24.3 Å². The summed E-state index contributed by atoms with van der Waals surface area (Å²) in [6.45, 7) is 0. The first kappa shape index (κ1) is 15.8. The van der Waals surface area contributed by atoms with E-state index >= 15 is 0 Å². The lowest BCUT2D eigenvalue weighted by Crippen LogP contribution is -2.12.